The Kier molecular flexibility index (Phi) is 4.99. The van der Waals surface area contributed by atoms with E-state index in [9.17, 15) is 8.78 Å². The first-order valence-electron chi connectivity index (χ1n) is 8.94. The summed E-state index contributed by atoms with van der Waals surface area (Å²) in [5, 5.41) is 0. The van der Waals surface area contributed by atoms with Gasteiger partial charge in [0.05, 0.1) is 31.2 Å². The van der Waals surface area contributed by atoms with Gasteiger partial charge >= 0.3 is 0 Å². The van der Waals surface area contributed by atoms with Crippen LogP contribution in [0.25, 0.3) is 33.9 Å². The predicted octanol–water partition coefficient (Wildman–Crippen LogP) is 5.71. The summed E-state index contributed by atoms with van der Waals surface area (Å²) in [7, 11) is 3.15. The van der Waals surface area contributed by atoms with E-state index in [1.54, 1.807) is 14.2 Å². The third kappa shape index (κ3) is 3.57. The molecule has 0 fully saturated rings. The summed E-state index contributed by atoms with van der Waals surface area (Å²) in [5.74, 6) is 0.0468. The number of nitrogens with one attached hydrogen (secondary N) is 1. The van der Waals surface area contributed by atoms with Crippen LogP contribution in [0, 0.1) is 11.6 Å². The molecule has 1 N–H and O–H groups in total. The number of benzene rings is 3. The minimum absolute atomic E-state index is 0.108. The van der Waals surface area contributed by atoms with Crippen molar-refractivity contribution in [3.05, 3.63) is 78.4 Å². The number of imidazole rings is 1. The Morgan fingerprint density at radius 2 is 1.31 bits per heavy atom. The fraction of sp³-hybridized carbons (Fsp3) is 0.0870. The highest BCUT2D eigenvalue weighted by Crippen LogP contribution is 2.36. The highest BCUT2D eigenvalue weighted by Gasteiger charge is 2.20. The van der Waals surface area contributed by atoms with Gasteiger partial charge in [0.2, 0.25) is 0 Å². The second-order valence-electron chi connectivity index (χ2n) is 6.37. The van der Waals surface area contributed by atoms with Crippen molar-refractivity contribution in [2.24, 2.45) is 0 Å². The van der Waals surface area contributed by atoms with E-state index >= 15 is 0 Å². The normalized spacial score (nSPS) is 10.8. The first-order valence-corrected chi connectivity index (χ1v) is 8.94. The van der Waals surface area contributed by atoms with Crippen LogP contribution in [0.4, 0.5) is 8.78 Å². The molecule has 4 rings (SSSR count). The minimum atomic E-state index is -0.687. The number of methoxy groups -OCH3 is 2. The maximum absolute atomic E-state index is 14.4. The molecule has 4 nitrogen and oxygen atoms in total. The van der Waals surface area contributed by atoms with Crippen LogP contribution in [0.15, 0.2) is 66.7 Å². The van der Waals surface area contributed by atoms with Crippen LogP contribution < -0.4 is 9.47 Å². The van der Waals surface area contributed by atoms with E-state index in [1.165, 1.54) is 18.2 Å². The molecule has 0 aliphatic heterocycles. The van der Waals surface area contributed by atoms with Crippen LogP contribution in [0.1, 0.15) is 0 Å². The first kappa shape index (κ1) is 18.7. The smallest absolute Gasteiger partial charge is 0.144 e. The molecule has 3 aromatic carbocycles. The fourth-order valence-corrected chi connectivity index (χ4v) is 3.18. The molecule has 0 unspecified atom stereocenters. The van der Waals surface area contributed by atoms with Crippen molar-refractivity contribution in [3.8, 4) is 45.4 Å². The second-order valence-corrected chi connectivity index (χ2v) is 6.37. The van der Waals surface area contributed by atoms with Crippen LogP contribution >= 0.6 is 0 Å². The number of aromatic amines is 1. The van der Waals surface area contributed by atoms with Gasteiger partial charge in [-0.2, -0.15) is 0 Å². The standard InChI is InChI=1S/C23H18F2N2O2/c1-28-16-8-3-6-14(12-16)21-22(15-7-4-9-17(13-15)29-2)27-23(26-21)20-18(24)10-5-11-19(20)25/h3-13H,1-2H3,(H,26,27). The maximum Gasteiger partial charge on any atom is 0.144 e. The summed E-state index contributed by atoms with van der Waals surface area (Å²) in [6.07, 6.45) is 0. The van der Waals surface area contributed by atoms with Gasteiger partial charge < -0.3 is 14.5 Å². The second kappa shape index (κ2) is 7.75. The van der Waals surface area contributed by atoms with Crippen molar-refractivity contribution >= 4 is 0 Å². The van der Waals surface area contributed by atoms with Gasteiger partial charge in [-0.3, -0.25) is 0 Å². The Bertz CT molecular complexity index is 1090. The van der Waals surface area contributed by atoms with E-state index in [0.717, 1.165) is 11.1 Å². The quantitative estimate of drug-likeness (QED) is 0.473. The van der Waals surface area contributed by atoms with Gasteiger partial charge in [0, 0.05) is 11.1 Å². The van der Waals surface area contributed by atoms with E-state index in [0.29, 0.717) is 22.9 Å². The number of aromatic nitrogens is 2. The third-order valence-electron chi connectivity index (χ3n) is 4.60. The summed E-state index contributed by atoms with van der Waals surface area (Å²) in [5.41, 5.74) is 2.49. The highest BCUT2D eigenvalue weighted by atomic mass is 19.1. The number of H-pyrrole nitrogens is 1. The van der Waals surface area contributed by atoms with E-state index in [4.69, 9.17) is 9.47 Å². The van der Waals surface area contributed by atoms with Gasteiger partial charge in [-0.1, -0.05) is 30.3 Å². The molecule has 6 heteroatoms. The molecule has 0 bridgehead atoms. The van der Waals surface area contributed by atoms with Gasteiger partial charge in [0.1, 0.15) is 29.0 Å². The highest BCUT2D eigenvalue weighted by molar-refractivity contribution is 5.82. The molecule has 0 amide bonds. The lowest BCUT2D eigenvalue weighted by molar-refractivity contribution is 0.415. The molecule has 146 valence electrons. The average Bonchev–Trinajstić information content (AvgIpc) is 3.19. The molecular formula is C23H18F2N2O2. The van der Waals surface area contributed by atoms with Gasteiger partial charge in [-0.25, -0.2) is 13.8 Å². The third-order valence-corrected chi connectivity index (χ3v) is 4.60. The van der Waals surface area contributed by atoms with Gasteiger partial charge in [-0.15, -0.1) is 0 Å². The van der Waals surface area contributed by atoms with Crippen molar-refractivity contribution in [2.75, 3.05) is 14.2 Å². The molecular weight excluding hydrogens is 374 g/mol. The summed E-state index contributed by atoms with van der Waals surface area (Å²) in [4.78, 5) is 7.64. The predicted molar refractivity (Wildman–Crippen MR) is 108 cm³/mol. The lowest BCUT2D eigenvalue weighted by Crippen LogP contribution is -1.91. The fourth-order valence-electron chi connectivity index (χ4n) is 3.18. The summed E-state index contributed by atoms with van der Waals surface area (Å²) in [6.45, 7) is 0. The molecule has 0 radical (unpaired) electrons. The minimum Gasteiger partial charge on any atom is -0.497 e. The van der Waals surface area contributed by atoms with Crippen LogP contribution in [0.2, 0.25) is 0 Å². The summed E-state index contributed by atoms with van der Waals surface area (Å²) >= 11 is 0. The number of nitrogens with zero attached hydrogens (tertiary/aromatic N) is 1. The molecule has 1 heterocycles. The van der Waals surface area contributed by atoms with E-state index < -0.39 is 11.6 Å². The molecule has 0 saturated heterocycles. The number of rotatable bonds is 5. The molecule has 0 saturated carbocycles. The van der Waals surface area contributed by atoms with E-state index in [2.05, 4.69) is 9.97 Å². The van der Waals surface area contributed by atoms with Gasteiger partial charge in [-0.05, 0) is 36.4 Å². The molecule has 0 aliphatic carbocycles. The molecule has 0 atom stereocenters. The Morgan fingerprint density at radius 1 is 0.759 bits per heavy atom. The molecule has 29 heavy (non-hydrogen) atoms. The average molecular weight is 392 g/mol. The lowest BCUT2D eigenvalue weighted by atomic mass is 10.0. The lowest BCUT2D eigenvalue weighted by Gasteiger charge is -2.07. The zero-order valence-electron chi connectivity index (χ0n) is 15.9. The summed E-state index contributed by atoms with van der Waals surface area (Å²) < 4.78 is 39.4. The van der Waals surface area contributed by atoms with E-state index in [-0.39, 0.29) is 11.4 Å². The van der Waals surface area contributed by atoms with Crippen molar-refractivity contribution in [1.29, 1.82) is 0 Å². The van der Waals surface area contributed by atoms with Crippen molar-refractivity contribution in [2.45, 2.75) is 0 Å². The number of ether oxygens (including phenoxy) is 2. The maximum atomic E-state index is 14.4. The largest absolute Gasteiger partial charge is 0.497 e. The molecule has 0 aliphatic rings. The Labute approximate surface area is 166 Å². The van der Waals surface area contributed by atoms with Crippen molar-refractivity contribution in [1.82, 2.24) is 9.97 Å². The zero-order valence-corrected chi connectivity index (χ0v) is 15.9. The number of halogens is 2. The molecule has 1 aromatic heterocycles. The van der Waals surface area contributed by atoms with Crippen LogP contribution in [-0.4, -0.2) is 24.2 Å². The Hall–Kier alpha value is -3.67. The Balaban J connectivity index is 1.96. The zero-order chi connectivity index (χ0) is 20.4. The van der Waals surface area contributed by atoms with Crippen LogP contribution in [0.5, 0.6) is 11.5 Å². The summed E-state index contributed by atoms with van der Waals surface area (Å²) in [6, 6.07) is 18.4. The van der Waals surface area contributed by atoms with Gasteiger partial charge in [0.15, 0.2) is 0 Å². The van der Waals surface area contributed by atoms with Crippen molar-refractivity contribution < 1.29 is 18.3 Å². The Morgan fingerprint density at radius 3 is 1.93 bits per heavy atom. The number of hydrogen-bond donors (Lipinski definition) is 1. The SMILES string of the molecule is COc1cccc(-c2nc(-c3c(F)cccc3F)[nH]c2-c2cccc(OC)c2)c1. The van der Waals surface area contributed by atoms with Crippen molar-refractivity contribution in [3.63, 3.8) is 0 Å². The van der Waals surface area contributed by atoms with E-state index in [1.807, 2.05) is 48.5 Å². The van der Waals surface area contributed by atoms with Crippen LogP contribution in [0.3, 0.4) is 0 Å². The number of hydrogen-bond acceptors (Lipinski definition) is 3. The first-order chi connectivity index (χ1) is 14.1. The monoisotopic (exact) mass is 392 g/mol. The molecule has 0 spiro atoms. The molecule has 4 aromatic rings. The van der Waals surface area contributed by atoms with Gasteiger partial charge in [0.25, 0.3) is 0 Å². The topological polar surface area (TPSA) is 47.1 Å². The van der Waals surface area contributed by atoms with Crippen LogP contribution in [-0.2, 0) is 0 Å².